The summed E-state index contributed by atoms with van der Waals surface area (Å²) in [6.07, 6.45) is 4.51. The summed E-state index contributed by atoms with van der Waals surface area (Å²) in [7, 11) is 0. The van der Waals surface area contributed by atoms with Crippen LogP contribution in [-0.2, 0) is 22.4 Å². The molecule has 2 aliphatic rings. The van der Waals surface area contributed by atoms with E-state index in [9.17, 15) is 14.4 Å². The topological polar surface area (TPSA) is 104 Å². The highest BCUT2D eigenvalue weighted by Gasteiger charge is 2.36. The molecule has 4 rings (SSSR count). The minimum absolute atomic E-state index is 0.114. The molecule has 0 bridgehead atoms. The third-order valence-electron chi connectivity index (χ3n) is 5.88. The minimum atomic E-state index is -0.613. The second kappa shape index (κ2) is 8.76. The predicted molar refractivity (Wildman–Crippen MR) is 122 cm³/mol. The molecule has 0 saturated carbocycles. The number of anilines is 1. The van der Waals surface area contributed by atoms with Gasteiger partial charge in [0.2, 0.25) is 5.91 Å². The third kappa shape index (κ3) is 4.69. The van der Waals surface area contributed by atoms with E-state index in [-0.39, 0.29) is 11.5 Å². The Morgan fingerprint density at radius 2 is 1.91 bits per heavy atom. The molecule has 1 aromatic heterocycles. The van der Waals surface area contributed by atoms with E-state index in [0.29, 0.717) is 18.7 Å². The lowest BCUT2D eigenvalue weighted by Crippen LogP contribution is -2.45. The van der Waals surface area contributed by atoms with Gasteiger partial charge >= 0.3 is 6.09 Å². The largest absolute Gasteiger partial charge is 0.444 e. The molecule has 1 aliphatic heterocycles. The summed E-state index contributed by atoms with van der Waals surface area (Å²) in [5.74, 6) is -0.234. The molecule has 1 saturated heterocycles. The quantitative estimate of drug-likeness (QED) is 0.761. The second-order valence-corrected chi connectivity index (χ2v) is 9.47. The number of benzene rings is 1. The lowest BCUT2D eigenvalue weighted by atomic mass is 9.90. The number of rotatable bonds is 3. The van der Waals surface area contributed by atoms with E-state index in [4.69, 9.17) is 4.74 Å². The van der Waals surface area contributed by atoms with Gasteiger partial charge < -0.3 is 10.1 Å². The SMILES string of the molecule is CC(C)(C)OC(=O)N1CCCC1C(=O)Nc1cccc(-c2n[nH]c(=O)c3c2CCCC3)c1. The van der Waals surface area contributed by atoms with Crippen LogP contribution in [0.15, 0.2) is 29.1 Å². The number of nitrogens with one attached hydrogen (secondary N) is 2. The first kappa shape index (κ1) is 22.0. The Hall–Kier alpha value is -3.16. The van der Waals surface area contributed by atoms with Crippen LogP contribution < -0.4 is 10.9 Å². The highest BCUT2D eigenvalue weighted by atomic mass is 16.6. The Balaban J connectivity index is 1.53. The van der Waals surface area contributed by atoms with Crippen LogP contribution in [-0.4, -0.2) is 45.3 Å². The predicted octanol–water partition coefficient (Wildman–Crippen LogP) is 3.65. The molecule has 1 aromatic carbocycles. The van der Waals surface area contributed by atoms with Crippen molar-refractivity contribution in [1.82, 2.24) is 15.1 Å². The van der Waals surface area contributed by atoms with Crippen molar-refractivity contribution in [3.63, 3.8) is 0 Å². The number of carbonyl (C=O) groups is 2. The molecule has 32 heavy (non-hydrogen) atoms. The van der Waals surface area contributed by atoms with Crippen LogP contribution in [0.25, 0.3) is 11.3 Å². The van der Waals surface area contributed by atoms with Crippen molar-refractivity contribution >= 4 is 17.7 Å². The molecule has 0 spiro atoms. The summed E-state index contributed by atoms with van der Waals surface area (Å²) in [4.78, 5) is 39.2. The molecule has 2 heterocycles. The average molecular weight is 439 g/mol. The summed E-state index contributed by atoms with van der Waals surface area (Å²) in [6, 6.07) is 6.89. The molecule has 2 aromatic rings. The molecule has 0 radical (unpaired) electrons. The van der Waals surface area contributed by atoms with Crippen LogP contribution in [0.1, 0.15) is 57.6 Å². The van der Waals surface area contributed by atoms with E-state index in [2.05, 4.69) is 15.5 Å². The number of aromatic nitrogens is 2. The first-order chi connectivity index (χ1) is 15.2. The Kier molecular flexibility index (Phi) is 6.04. The molecule has 1 atom stereocenters. The number of hydrogen-bond donors (Lipinski definition) is 2. The number of carbonyl (C=O) groups excluding carboxylic acids is 2. The van der Waals surface area contributed by atoms with E-state index in [1.165, 1.54) is 4.90 Å². The highest BCUT2D eigenvalue weighted by molar-refractivity contribution is 5.97. The molecule has 8 nitrogen and oxygen atoms in total. The molecular weight excluding hydrogens is 408 g/mol. The summed E-state index contributed by atoms with van der Waals surface area (Å²) in [5, 5.41) is 9.87. The molecule has 170 valence electrons. The van der Waals surface area contributed by atoms with Crippen LogP contribution >= 0.6 is 0 Å². The minimum Gasteiger partial charge on any atom is -0.444 e. The Bertz CT molecular complexity index is 1090. The Labute approximate surface area is 187 Å². The first-order valence-corrected chi connectivity index (χ1v) is 11.2. The molecular formula is C24H30N4O4. The van der Waals surface area contributed by atoms with Crippen molar-refractivity contribution in [3.8, 4) is 11.3 Å². The van der Waals surface area contributed by atoms with Crippen molar-refractivity contribution in [1.29, 1.82) is 0 Å². The number of likely N-dealkylation sites (tertiary alicyclic amines) is 1. The summed E-state index contributed by atoms with van der Waals surface area (Å²) in [6.45, 7) is 5.93. The fourth-order valence-corrected chi connectivity index (χ4v) is 4.45. The van der Waals surface area contributed by atoms with Gasteiger partial charge in [-0.2, -0.15) is 5.10 Å². The molecule has 1 unspecified atom stereocenters. The number of nitrogens with zero attached hydrogens (tertiary/aromatic N) is 2. The maximum atomic E-state index is 13.0. The van der Waals surface area contributed by atoms with Gasteiger partial charge in [-0.25, -0.2) is 9.89 Å². The maximum Gasteiger partial charge on any atom is 0.410 e. The van der Waals surface area contributed by atoms with Crippen LogP contribution in [0, 0.1) is 0 Å². The smallest absolute Gasteiger partial charge is 0.410 e. The van der Waals surface area contributed by atoms with Gasteiger partial charge in [0.15, 0.2) is 0 Å². The first-order valence-electron chi connectivity index (χ1n) is 11.2. The lowest BCUT2D eigenvalue weighted by molar-refractivity contribution is -0.120. The lowest BCUT2D eigenvalue weighted by Gasteiger charge is -2.28. The highest BCUT2D eigenvalue weighted by Crippen LogP contribution is 2.29. The Morgan fingerprint density at radius 3 is 2.66 bits per heavy atom. The van der Waals surface area contributed by atoms with E-state index < -0.39 is 17.7 Å². The fraction of sp³-hybridized carbons (Fsp3) is 0.500. The van der Waals surface area contributed by atoms with E-state index in [1.807, 2.05) is 45.0 Å². The van der Waals surface area contributed by atoms with Crippen LogP contribution in [0.2, 0.25) is 0 Å². The molecule has 8 heteroatoms. The molecule has 2 N–H and O–H groups in total. The Morgan fingerprint density at radius 1 is 1.16 bits per heavy atom. The van der Waals surface area contributed by atoms with Gasteiger partial charge in [0.05, 0.1) is 5.69 Å². The standard InChI is InChI=1S/C24H30N4O4/c1-24(2,3)32-23(31)28-13-7-12-19(28)22(30)25-16-9-6-8-15(14-16)20-17-10-4-5-11-18(17)21(29)27-26-20/h6,8-9,14,19H,4-5,7,10-13H2,1-3H3,(H,25,30)(H,27,29). The fourth-order valence-electron chi connectivity index (χ4n) is 4.45. The number of ether oxygens (including phenoxy) is 1. The van der Waals surface area contributed by atoms with Crippen LogP contribution in [0.5, 0.6) is 0 Å². The summed E-state index contributed by atoms with van der Waals surface area (Å²) < 4.78 is 5.46. The second-order valence-electron chi connectivity index (χ2n) is 9.47. The van der Waals surface area contributed by atoms with Crippen LogP contribution in [0.3, 0.4) is 0 Å². The zero-order valence-electron chi connectivity index (χ0n) is 18.9. The third-order valence-corrected chi connectivity index (χ3v) is 5.88. The van der Waals surface area contributed by atoms with Gasteiger partial charge in [-0.3, -0.25) is 14.5 Å². The van der Waals surface area contributed by atoms with Crippen molar-refractivity contribution < 1.29 is 14.3 Å². The average Bonchev–Trinajstić information content (AvgIpc) is 3.24. The normalized spacial score (nSPS) is 18.2. The number of fused-ring (bicyclic) bond motifs is 1. The van der Waals surface area contributed by atoms with Gasteiger partial charge in [-0.15, -0.1) is 0 Å². The van der Waals surface area contributed by atoms with Crippen molar-refractivity contribution in [2.24, 2.45) is 0 Å². The number of amides is 2. The maximum absolute atomic E-state index is 13.0. The monoisotopic (exact) mass is 438 g/mol. The zero-order valence-corrected chi connectivity index (χ0v) is 18.9. The van der Waals surface area contributed by atoms with E-state index >= 15 is 0 Å². The summed E-state index contributed by atoms with van der Waals surface area (Å²) in [5.41, 5.74) is 3.31. The van der Waals surface area contributed by atoms with Gasteiger partial charge in [-0.1, -0.05) is 12.1 Å². The van der Waals surface area contributed by atoms with Gasteiger partial charge in [-0.05, 0) is 77.0 Å². The summed E-state index contributed by atoms with van der Waals surface area (Å²) >= 11 is 0. The number of aromatic amines is 1. The number of hydrogen-bond acceptors (Lipinski definition) is 5. The molecule has 1 aliphatic carbocycles. The van der Waals surface area contributed by atoms with Gasteiger partial charge in [0.25, 0.3) is 5.56 Å². The van der Waals surface area contributed by atoms with E-state index in [1.54, 1.807) is 0 Å². The van der Waals surface area contributed by atoms with Crippen molar-refractivity contribution in [2.45, 2.75) is 70.9 Å². The zero-order chi connectivity index (χ0) is 22.9. The number of H-pyrrole nitrogens is 1. The molecule has 1 fully saturated rings. The van der Waals surface area contributed by atoms with E-state index in [0.717, 1.165) is 54.5 Å². The molecule has 2 amide bonds. The van der Waals surface area contributed by atoms with Gasteiger partial charge in [0, 0.05) is 23.4 Å². The van der Waals surface area contributed by atoms with Crippen molar-refractivity contribution in [3.05, 3.63) is 45.7 Å². The van der Waals surface area contributed by atoms with Gasteiger partial charge in [0.1, 0.15) is 11.6 Å². The van der Waals surface area contributed by atoms with Crippen LogP contribution in [0.4, 0.5) is 10.5 Å². The van der Waals surface area contributed by atoms with Crippen molar-refractivity contribution in [2.75, 3.05) is 11.9 Å².